The smallest absolute Gasteiger partial charge is 0.0703 e. The molecule has 14 heavy (non-hydrogen) atoms. The summed E-state index contributed by atoms with van der Waals surface area (Å²) in [6, 6.07) is 10.2. The van der Waals surface area contributed by atoms with Crippen LogP contribution in [-0.4, -0.2) is 16.0 Å². The van der Waals surface area contributed by atoms with Gasteiger partial charge in [0.2, 0.25) is 0 Å². The van der Waals surface area contributed by atoms with Crippen molar-refractivity contribution in [1.29, 1.82) is 0 Å². The summed E-state index contributed by atoms with van der Waals surface area (Å²) in [6.45, 7) is 3.63. The lowest BCUT2D eigenvalue weighted by atomic mass is 10.1. The summed E-state index contributed by atoms with van der Waals surface area (Å²) in [5, 5.41) is 9.66. The van der Waals surface area contributed by atoms with E-state index in [9.17, 15) is 5.11 Å². The first kappa shape index (κ1) is 11.5. The van der Waals surface area contributed by atoms with Crippen molar-refractivity contribution >= 4 is 15.9 Å². The summed E-state index contributed by atoms with van der Waals surface area (Å²) < 4.78 is 0. The molecule has 1 rings (SSSR count). The van der Waals surface area contributed by atoms with Gasteiger partial charge < -0.3 is 5.11 Å². The summed E-state index contributed by atoms with van der Waals surface area (Å²) in [5.41, 5.74) is 1.26. The van der Waals surface area contributed by atoms with Gasteiger partial charge >= 0.3 is 0 Å². The lowest BCUT2D eigenvalue weighted by molar-refractivity contribution is 0.175. The predicted octanol–water partition coefficient (Wildman–Crippen LogP) is 2.93. The van der Waals surface area contributed by atoms with E-state index in [0.717, 1.165) is 12.8 Å². The third-order valence-corrected chi connectivity index (χ3v) is 3.15. The normalized spacial score (nSPS) is 14.7. The molecule has 1 N–H and O–H groups in total. The molecule has 0 radical (unpaired) electrons. The van der Waals surface area contributed by atoms with Crippen LogP contribution in [0.25, 0.3) is 0 Å². The number of rotatable bonds is 5. The van der Waals surface area contributed by atoms with Crippen LogP contribution in [0.5, 0.6) is 0 Å². The van der Waals surface area contributed by atoms with Crippen LogP contribution >= 0.6 is 15.9 Å². The van der Waals surface area contributed by atoms with Crippen LogP contribution in [0.15, 0.2) is 43.0 Å². The molecule has 1 nitrogen and oxygen atoms in total. The van der Waals surface area contributed by atoms with E-state index in [2.05, 4.69) is 34.6 Å². The number of aryl methyl sites for hydroxylation is 1. The summed E-state index contributed by atoms with van der Waals surface area (Å²) in [4.78, 5) is -0.00814. The highest BCUT2D eigenvalue weighted by Crippen LogP contribution is 2.13. The van der Waals surface area contributed by atoms with Gasteiger partial charge in [0.05, 0.1) is 10.9 Å². The molecule has 2 heteroatoms. The maximum atomic E-state index is 9.66. The SMILES string of the molecule is C=C[C@H](Br)[C@H](O)CCc1ccccc1. The maximum absolute atomic E-state index is 9.66. The van der Waals surface area contributed by atoms with E-state index in [1.165, 1.54) is 5.56 Å². The van der Waals surface area contributed by atoms with Crippen LogP contribution in [0.1, 0.15) is 12.0 Å². The van der Waals surface area contributed by atoms with Crippen LogP contribution < -0.4 is 0 Å². The Hall–Kier alpha value is -0.600. The van der Waals surface area contributed by atoms with E-state index in [1.54, 1.807) is 6.08 Å². The minimum absolute atomic E-state index is 0.00814. The van der Waals surface area contributed by atoms with E-state index in [1.807, 2.05) is 18.2 Å². The molecule has 0 spiro atoms. The van der Waals surface area contributed by atoms with Gasteiger partial charge in [0.25, 0.3) is 0 Å². The van der Waals surface area contributed by atoms with E-state index in [4.69, 9.17) is 0 Å². The van der Waals surface area contributed by atoms with Crippen LogP contribution in [0.4, 0.5) is 0 Å². The number of benzene rings is 1. The van der Waals surface area contributed by atoms with Crippen molar-refractivity contribution in [1.82, 2.24) is 0 Å². The summed E-state index contributed by atoms with van der Waals surface area (Å²) >= 11 is 3.35. The molecule has 0 aliphatic rings. The molecule has 0 aromatic heterocycles. The van der Waals surface area contributed by atoms with Gasteiger partial charge in [-0.15, -0.1) is 6.58 Å². The van der Waals surface area contributed by atoms with Crippen molar-refractivity contribution in [3.8, 4) is 0 Å². The van der Waals surface area contributed by atoms with Crippen molar-refractivity contribution in [2.45, 2.75) is 23.8 Å². The highest BCUT2D eigenvalue weighted by Gasteiger charge is 2.11. The topological polar surface area (TPSA) is 20.2 Å². The minimum Gasteiger partial charge on any atom is -0.392 e. The first-order chi connectivity index (χ1) is 6.74. The zero-order chi connectivity index (χ0) is 10.4. The average Bonchev–Trinajstić information content (AvgIpc) is 2.26. The van der Waals surface area contributed by atoms with E-state index < -0.39 is 0 Å². The number of hydrogen-bond acceptors (Lipinski definition) is 1. The monoisotopic (exact) mass is 254 g/mol. The zero-order valence-electron chi connectivity index (χ0n) is 8.07. The first-order valence-electron chi connectivity index (χ1n) is 4.72. The van der Waals surface area contributed by atoms with Crippen molar-refractivity contribution in [2.24, 2.45) is 0 Å². The second-order valence-electron chi connectivity index (χ2n) is 3.27. The molecule has 0 fully saturated rings. The molecule has 0 unspecified atom stereocenters. The Morgan fingerprint density at radius 2 is 2.00 bits per heavy atom. The molecule has 0 aliphatic heterocycles. The molecule has 0 amide bonds. The highest BCUT2D eigenvalue weighted by atomic mass is 79.9. The molecule has 0 saturated carbocycles. The van der Waals surface area contributed by atoms with E-state index in [0.29, 0.717) is 0 Å². The molecule has 0 aliphatic carbocycles. The molecule has 2 atom stereocenters. The average molecular weight is 255 g/mol. The molecule has 0 bridgehead atoms. The number of aliphatic hydroxyl groups excluding tert-OH is 1. The number of halogens is 1. The Bertz CT molecular complexity index is 271. The fourth-order valence-corrected chi connectivity index (χ4v) is 1.54. The van der Waals surface area contributed by atoms with Gasteiger partial charge in [-0.3, -0.25) is 0 Å². The van der Waals surface area contributed by atoms with Crippen molar-refractivity contribution in [2.75, 3.05) is 0 Å². The van der Waals surface area contributed by atoms with E-state index >= 15 is 0 Å². The third kappa shape index (κ3) is 3.64. The largest absolute Gasteiger partial charge is 0.392 e. The molecule has 76 valence electrons. The van der Waals surface area contributed by atoms with Gasteiger partial charge in [0.15, 0.2) is 0 Å². The minimum atomic E-state index is -0.354. The van der Waals surface area contributed by atoms with Crippen LogP contribution in [-0.2, 0) is 6.42 Å². The number of alkyl halides is 1. The Balaban J connectivity index is 2.37. The zero-order valence-corrected chi connectivity index (χ0v) is 9.65. The predicted molar refractivity (Wildman–Crippen MR) is 63.7 cm³/mol. The van der Waals surface area contributed by atoms with Crippen molar-refractivity contribution < 1.29 is 5.11 Å². The lowest BCUT2D eigenvalue weighted by Gasteiger charge is -2.13. The second-order valence-corrected chi connectivity index (χ2v) is 4.33. The van der Waals surface area contributed by atoms with Crippen LogP contribution in [0.3, 0.4) is 0 Å². The molecular weight excluding hydrogens is 240 g/mol. The summed E-state index contributed by atoms with van der Waals surface area (Å²) in [5.74, 6) is 0. The second kappa shape index (κ2) is 5.99. The molecule has 1 aromatic rings. The van der Waals surface area contributed by atoms with Gasteiger partial charge in [-0.25, -0.2) is 0 Å². The van der Waals surface area contributed by atoms with Gasteiger partial charge in [-0.1, -0.05) is 52.3 Å². The van der Waals surface area contributed by atoms with Crippen LogP contribution in [0, 0.1) is 0 Å². The quantitative estimate of drug-likeness (QED) is 0.633. The Labute approximate surface area is 93.6 Å². The number of hydrogen-bond donors (Lipinski definition) is 1. The van der Waals surface area contributed by atoms with Gasteiger partial charge in [-0.05, 0) is 18.4 Å². The van der Waals surface area contributed by atoms with Gasteiger partial charge in [-0.2, -0.15) is 0 Å². The maximum Gasteiger partial charge on any atom is 0.0703 e. The summed E-state index contributed by atoms with van der Waals surface area (Å²) in [6.07, 6.45) is 3.02. The van der Waals surface area contributed by atoms with Crippen molar-refractivity contribution in [3.05, 3.63) is 48.6 Å². The standard InChI is InChI=1S/C12H15BrO/c1-2-11(13)12(14)9-8-10-6-4-3-5-7-10/h2-7,11-12,14H,1,8-9H2/t11-,12+/m0/s1. The molecule has 0 heterocycles. The van der Waals surface area contributed by atoms with Crippen molar-refractivity contribution in [3.63, 3.8) is 0 Å². The lowest BCUT2D eigenvalue weighted by Crippen LogP contribution is -2.18. The molecule has 1 aromatic carbocycles. The first-order valence-corrected chi connectivity index (χ1v) is 5.64. The third-order valence-electron chi connectivity index (χ3n) is 2.16. The Morgan fingerprint density at radius 1 is 1.36 bits per heavy atom. The Kier molecular flexibility index (Phi) is 4.91. The van der Waals surface area contributed by atoms with E-state index in [-0.39, 0.29) is 10.9 Å². The van der Waals surface area contributed by atoms with Crippen LogP contribution in [0.2, 0.25) is 0 Å². The Morgan fingerprint density at radius 3 is 2.57 bits per heavy atom. The van der Waals surface area contributed by atoms with Gasteiger partial charge in [0.1, 0.15) is 0 Å². The molecule has 0 saturated heterocycles. The fraction of sp³-hybridized carbons (Fsp3) is 0.333. The highest BCUT2D eigenvalue weighted by molar-refractivity contribution is 9.09. The number of aliphatic hydroxyl groups is 1. The fourth-order valence-electron chi connectivity index (χ4n) is 1.28. The van der Waals surface area contributed by atoms with Gasteiger partial charge in [0, 0.05) is 0 Å². The molecular formula is C12H15BrO. The summed E-state index contributed by atoms with van der Waals surface area (Å²) in [7, 11) is 0.